The molecule has 3 heterocycles. The first-order chi connectivity index (χ1) is 14.0. The molecular weight excluding hydrogens is 482 g/mol. The summed E-state index contributed by atoms with van der Waals surface area (Å²) in [5, 5.41) is 4.84. The third kappa shape index (κ3) is 5.02. The molecule has 1 aromatic carbocycles. The number of likely N-dealkylation sites (tertiary alicyclic amines) is 1. The molecule has 0 radical (unpaired) electrons. The van der Waals surface area contributed by atoms with E-state index in [1.165, 1.54) is 23.5 Å². The zero-order valence-electron chi connectivity index (χ0n) is 15.2. The summed E-state index contributed by atoms with van der Waals surface area (Å²) < 4.78 is 33.4. The SMILES string of the molecule is O=C(Cc1csc(-c2cc(Br)cs2)n1)N1CCC(Oc2ccc(F)cc2F)CC1. The second-order valence-corrected chi connectivity index (χ2v) is 9.41. The first-order valence-electron chi connectivity index (χ1n) is 9.06. The molecular formula is C20H17BrF2N2O2S2. The van der Waals surface area contributed by atoms with Gasteiger partial charge in [-0.3, -0.25) is 4.79 Å². The van der Waals surface area contributed by atoms with E-state index >= 15 is 0 Å². The summed E-state index contributed by atoms with van der Waals surface area (Å²) in [6.45, 7) is 1.09. The fraction of sp³-hybridized carbons (Fsp3) is 0.300. The Balaban J connectivity index is 1.29. The lowest BCUT2D eigenvalue weighted by atomic mass is 10.1. The molecule has 9 heteroatoms. The molecule has 1 aliphatic rings. The molecule has 29 heavy (non-hydrogen) atoms. The van der Waals surface area contributed by atoms with Gasteiger partial charge in [-0.25, -0.2) is 13.8 Å². The molecule has 3 aromatic rings. The molecule has 0 atom stereocenters. The molecule has 0 saturated carbocycles. The summed E-state index contributed by atoms with van der Waals surface area (Å²) in [5.41, 5.74) is 0.770. The fourth-order valence-corrected chi connectivity index (χ4v) is 5.49. The Morgan fingerprint density at radius 1 is 1.21 bits per heavy atom. The maximum atomic E-state index is 13.7. The van der Waals surface area contributed by atoms with Gasteiger partial charge >= 0.3 is 0 Å². The summed E-state index contributed by atoms with van der Waals surface area (Å²) in [5.74, 6) is -1.26. The number of rotatable bonds is 5. The molecule has 0 aliphatic carbocycles. The van der Waals surface area contributed by atoms with Crippen LogP contribution in [0.1, 0.15) is 18.5 Å². The Kier molecular flexibility index (Phi) is 6.26. The van der Waals surface area contributed by atoms with Crippen LogP contribution in [-0.2, 0) is 11.2 Å². The fourth-order valence-electron chi connectivity index (χ4n) is 3.17. The van der Waals surface area contributed by atoms with E-state index in [4.69, 9.17) is 4.74 Å². The number of hydrogen-bond acceptors (Lipinski definition) is 5. The monoisotopic (exact) mass is 498 g/mol. The van der Waals surface area contributed by atoms with Gasteiger partial charge in [0.25, 0.3) is 0 Å². The van der Waals surface area contributed by atoms with Gasteiger partial charge < -0.3 is 9.64 Å². The minimum Gasteiger partial charge on any atom is -0.487 e. The van der Waals surface area contributed by atoms with Gasteiger partial charge in [0, 0.05) is 47.2 Å². The smallest absolute Gasteiger partial charge is 0.228 e. The third-order valence-corrected chi connectivity index (χ3v) is 7.40. The molecule has 0 unspecified atom stereocenters. The van der Waals surface area contributed by atoms with Crippen molar-refractivity contribution in [1.82, 2.24) is 9.88 Å². The van der Waals surface area contributed by atoms with Crippen molar-refractivity contribution >= 4 is 44.5 Å². The molecule has 1 amide bonds. The van der Waals surface area contributed by atoms with E-state index in [-0.39, 0.29) is 24.2 Å². The van der Waals surface area contributed by atoms with Gasteiger partial charge in [-0.15, -0.1) is 22.7 Å². The highest BCUT2D eigenvalue weighted by molar-refractivity contribution is 9.10. The van der Waals surface area contributed by atoms with Gasteiger partial charge in [0.15, 0.2) is 11.6 Å². The largest absolute Gasteiger partial charge is 0.487 e. The van der Waals surface area contributed by atoms with E-state index in [1.807, 2.05) is 16.8 Å². The first-order valence-corrected chi connectivity index (χ1v) is 11.6. The average Bonchev–Trinajstić information content (AvgIpc) is 3.33. The van der Waals surface area contributed by atoms with Crippen LogP contribution < -0.4 is 4.74 Å². The Morgan fingerprint density at radius 2 is 2.00 bits per heavy atom. The zero-order chi connectivity index (χ0) is 20.4. The van der Waals surface area contributed by atoms with Gasteiger partial charge in [-0.1, -0.05) is 0 Å². The second kappa shape index (κ2) is 8.89. The van der Waals surface area contributed by atoms with Gasteiger partial charge in [-0.05, 0) is 34.1 Å². The highest BCUT2D eigenvalue weighted by Crippen LogP contribution is 2.32. The number of hydrogen-bond donors (Lipinski definition) is 0. The van der Waals surface area contributed by atoms with Crippen LogP contribution in [0.5, 0.6) is 5.75 Å². The highest BCUT2D eigenvalue weighted by Gasteiger charge is 2.25. The van der Waals surface area contributed by atoms with Gasteiger partial charge in [-0.2, -0.15) is 0 Å². The molecule has 1 fully saturated rings. The van der Waals surface area contributed by atoms with E-state index in [2.05, 4.69) is 20.9 Å². The number of benzene rings is 1. The van der Waals surface area contributed by atoms with Crippen LogP contribution in [0.25, 0.3) is 9.88 Å². The number of nitrogens with zero attached hydrogens (tertiary/aromatic N) is 2. The molecule has 1 saturated heterocycles. The van der Waals surface area contributed by atoms with Crippen molar-refractivity contribution in [3.8, 4) is 15.6 Å². The van der Waals surface area contributed by atoms with Crippen LogP contribution in [-0.4, -0.2) is 35.0 Å². The molecule has 2 aromatic heterocycles. The number of thiophene rings is 1. The average molecular weight is 499 g/mol. The van der Waals surface area contributed by atoms with E-state index in [0.717, 1.165) is 26.1 Å². The number of amides is 1. The van der Waals surface area contributed by atoms with E-state index in [9.17, 15) is 13.6 Å². The van der Waals surface area contributed by atoms with Crippen molar-refractivity contribution in [2.45, 2.75) is 25.4 Å². The molecule has 0 bridgehead atoms. The normalized spacial score (nSPS) is 14.9. The number of carbonyl (C=O) groups is 1. The van der Waals surface area contributed by atoms with Crippen LogP contribution >= 0.6 is 38.6 Å². The van der Waals surface area contributed by atoms with Crippen molar-refractivity contribution < 1.29 is 18.3 Å². The van der Waals surface area contributed by atoms with Crippen molar-refractivity contribution in [2.24, 2.45) is 0 Å². The second-order valence-electron chi connectivity index (χ2n) is 6.72. The standard InChI is InChI=1S/C20H17BrF2N2O2S2/c21-12-7-18(28-10-12)20-24-14(11-29-20)9-19(26)25-5-3-15(4-6-25)27-17-2-1-13(22)8-16(17)23/h1-2,7-8,10-11,15H,3-6,9H2. The number of halogens is 3. The van der Waals surface area contributed by atoms with Gasteiger partial charge in [0.2, 0.25) is 5.91 Å². The molecule has 4 rings (SSSR count). The van der Waals surface area contributed by atoms with Crippen molar-refractivity contribution in [2.75, 3.05) is 13.1 Å². The summed E-state index contributed by atoms with van der Waals surface area (Å²) >= 11 is 6.58. The van der Waals surface area contributed by atoms with Gasteiger partial charge in [0.1, 0.15) is 16.9 Å². The Hall–Kier alpha value is -1.84. The topological polar surface area (TPSA) is 42.4 Å². The first kappa shape index (κ1) is 20.4. The maximum absolute atomic E-state index is 13.7. The lowest BCUT2D eigenvalue weighted by Gasteiger charge is -2.32. The molecule has 1 aliphatic heterocycles. The van der Waals surface area contributed by atoms with Gasteiger partial charge in [0.05, 0.1) is 17.0 Å². The molecule has 4 nitrogen and oxygen atoms in total. The number of piperidine rings is 1. The Labute approximate surface area is 183 Å². The minimum absolute atomic E-state index is 0.0284. The number of thiazole rings is 1. The predicted octanol–water partition coefficient (Wildman–Crippen LogP) is 5.52. The lowest BCUT2D eigenvalue weighted by molar-refractivity contribution is -0.132. The Bertz CT molecular complexity index is 1020. The maximum Gasteiger partial charge on any atom is 0.228 e. The number of carbonyl (C=O) groups excluding carboxylic acids is 1. The van der Waals surface area contributed by atoms with Crippen LogP contribution in [0.2, 0.25) is 0 Å². The van der Waals surface area contributed by atoms with E-state index in [1.54, 1.807) is 16.2 Å². The van der Waals surface area contributed by atoms with Crippen LogP contribution in [0, 0.1) is 11.6 Å². The van der Waals surface area contributed by atoms with Crippen molar-refractivity contribution in [3.63, 3.8) is 0 Å². The van der Waals surface area contributed by atoms with E-state index < -0.39 is 11.6 Å². The Morgan fingerprint density at radius 3 is 2.69 bits per heavy atom. The molecule has 0 spiro atoms. The van der Waals surface area contributed by atoms with Crippen LogP contribution in [0.15, 0.2) is 39.5 Å². The summed E-state index contributed by atoms with van der Waals surface area (Å²) in [6.07, 6.45) is 1.28. The highest BCUT2D eigenvalue weighted by atomic mass is 79.9. The van der Waals surface area contributed by atoms with Crippen LogP contribution in [0.3, 0.4) is 0 Å². The number of ether oxygens (including phenoxy) is 1. The zero-order valence-corrected chi connectivity index (χ0v) is 18.5. The number of aromatic nitrogens is 1. The van der Waals surface area contributed by atoms with Crippen molar-refractivity contribution in [1.29, 1.82) is 0 Å². The third-order valence-electron chi connectivity index (χ3n) is 4.64. The van der Waals surface area contributed by atoms with E-state index in [0.29, 0.717) is 25.9 Å². The molecule has 152 valence electrons. The molecule has 0 N–H and O–H groups in total. The predicted molar refractivity (Wildman–Crippen MR) is 113 cm³/mol. The summed E-state index contributed by atoms with van der Waals surface area (Å²) in [7, 11) is 0. The quantitative estimate of drug-likeness (QED) is 0.464. The minimum atomic E-state index is -0.708. The van der Waals surface area contributed by atoms with Crippen molar-refractivity contribution in [3.05, 3.63) is 56.8 Å². The summed E-state index contributed by atoms with van der Waals surface area (Å²) in [4.78, 5) is 20.1. The van der Waals surface area contributed by atoms with Crippen LogP contribution in [0.4, 0.5) is 8.78 Å². The lowest BCUT2D eigenvalue weighted by Crippen LogP contribution is -2.42. The summed E-state index contributed by atoms with van der Waals surface area (Å²) in [6, 6.07) is 5.30.